The van der Waals surface area contributed by atoms with Crippen LogP contribution in [0.4, 0.5) is 0 Å². The van der Waals surface area contributed by atoms with E-state index in [1.165, 1.54) is 9.88 Å². The molecule has 0 saturated carbocycles. The number of rotatable bonds is 5. The van der Waals surface area contributed by atoms with Crippen molar-refractivity contribution in [3.8, 4) is 0 Å². The Bertz CT molecular complexity index is 430. The molecule has 1 aliphatic heterocycles. The van der Waals surface area contributed by atoms with E-state index in [9.17, 15) is 4.79 Å². The highest BCUT2D eigenvalue weighted by molar-refractivity contribution is 7.11. The molecule has 1 aliphatic rings. The van der Waals surface area contributed by atoms with Crippen LogP contribution in [-0.2, 0) is 11.3 Å². The summed E-state index contributed by atoms with van der Waals surface area (Å²) in [6.45, 7) is 10.9. The maximum atomic E-state index is 12.0. The molecule has 1 aromatic rings. The summed E-state index contributed by atoms with van der Waals surface area (Å²) in [4.78, 5) is 22.3. The van der Waals surface area contributed by atoms with Gasteiger partial charge in [0.1, 0.15) is 5.01 Å². The van der Waals surface area contributed by atoms with Crippen LogP contribution in [0.5, 0.6) is 0 Å². The van der Waals surface area contributed by atoms with E-state index in [2.05, 4.69) is 30.7 Å². The van der Waals surface area contributed by atoms with Crippen LogP contribution >= 0.6 is 11.3 Å². The first-order chi connectivity index (χ1) is 9.60. The van der Waals surface area contributed by atoms with Gasteiger partial charge in [0.25, 0.3) is 0 Å². The largest absolute Gasteiger partial charge is 0.340 e. The first-order valence-corrected chi connectivity index (χ1v) is 8.35. The van der Waals surface area contributed by atoms with Gasteiger partial charge in [0.15, 0.2) is 0 Å². The van der Waals surface area contributed by atoms with Crippen molar-refractivity contribution in [2.75, 3.05) is 26.2 Å². The van der Waals surface area contributed by atoms with Gasteiger partial charge in [0.2, 0.25) is 5.91 Å². The van der Waals surface area contributed by atoms with E-state index >= 15 is 0 Å². The second kappa shape index (κ2) is 7.18. The Labute approximate surface area is 125 Å². The predicted octanol–water partition coefficient (Wildman–Crippen LogP) is 2.59. The Hall–Kier alpha value is -0.940. The van der Waals surface area contributed by atoms with Gasteiger partial charge in [-0.05, 0) is 20.3 Å². The van der Waals surface area contributed by atoms with Gasteiger partial charge in [-0.25, -0.2) is 4.98 Å². The smallest absolute Gasteiger partial charge is 0.222 e. The zero-order valence-electron chi connectivity index (χ0n) is 12.8. The van der Waals surface area contributed by atoms with Crippen LogP contribution in [0.2, 0.25) is 0 Å². The Balaban J connectivity index is 1.78. The Morgan fingerprint density at radius 1 is 1.25 bits per heavy atom. The second-order valence-electron chi connectivity index (χ2n) is 5.51. The van der Waals surface area contributed by atoms with Crippen LogP contribution in [0.1, 0.15) is 41.8 Å². The van der Waals surface area contributed by atoms with E-state index in [0.29, 0.717) is 12.3 Å². The highest BCUT2D eigenvalue weighted by Crippen LogP contribution is 2.18. The minimum atomic E-state index is 0.326. The summed E-state index contributed by atoms with van der Waals surface area (Å²) in [6, 6.07) is 0. The molecule has 0 bridgehead atoms. The van der Waals surface area contributed by atoms with E-state index in [0.717, 1.165) is 51.3 Å². The van der Waals surface area contributed by atoms with E-state index in [-0.39, 0.29) is 0 Å². The highest BCUT2D eigenvalue weighted by Gasteiger charge is 2.21. The minimum absolute atomic E-state index is 0.326. The van der Waals surface area contributed by atoms with Crippen molar-refractivity contribution in [3.05, 3.63) is 15.6 Å². The number of amides is 1. The quantitative estimate of drug-likeness (QED) is 0.838. The first-order valence-electron chi connectivity index (χ1n) is 7.53. The SMILES string of the molecule is CCCCC(=O)N1CCN(Cc2nc(C)c(C)s2)CC1. The summed E-state index contributed by atoms with van der Waals surface area (Å²) >= 11 is 1.79. The van der Waals surface area contributed by atoms with Crippen LogP contribution < -0.4 is 0 Å². The van der Waals surface area contributed by atoms with Crippen LogP contribution in [-0.4, -0.2) is 46.9 Å². The molecule has 1 aromatic heterocycles. The third-order valence-corrected chi connectivity index (χ3v) is 4.96. The molecule has 20 heavy (non-hydrogen) atoms. The van der Waals surface area contributed by atoms with Gasteiger partial charge in [0.05, 0.1) is 12.2 Å². The number of thiazole rings is 1. The van der Waals surface area contributed by atoms with Crippen molar-refractivity contribution in [1.29, 1.82) is 0 Å². The van der Waals surface area contributed by atoms with Crippen molar-refractivity contribution in [1.82, 2.24) is 14.8 Å². The fourth-order valence-corrected chi connectivity index (χ4v) is 3.42. The van der Waals surface area contributed by atoms with Crippen LogP contribution in [0, 0.1) is 13.8 Å². The van der Waals surface area contributed by atoms with Crippen LogP contribution in [0.15, 0.2) is 0 Å². The fraction of sp³-hybridized carbons (Fsp3) is 0.733. The Kier molecular flexibility index (Phi) is 5.54. The summed E-state index contributed by atoms with van der Waals surface area (Å²) in [5.41, 5.74) is 1.15. The summed E-state index contributed by atoms with van der Waals surface area (Å²) in [7, 11) is 0. The van der Waals surface area contributed by atoms with E-state index < -0.39 is 0 Å². The van der Waals surface area contributed by atoms with E-state index in [1.54, 1.807) is 11.3 Å². The average Bonchev–Trinajstić information content (AvgIpc) is 2.75. The molecular weight excluding hydrogens is 270 g/mol. The molecule has 0 spiro atoms. The highest BCUT2D eigenvalue weighted by atomic mass is 32.1. The lowest BCUT2D eigenvalue weighted by atomic mass is 10.2. The molecule has 1 saturated heterocycles. The van der Waals surface area contributed by atoms with Gasteiger partial charge in [-0.1, -0.05) is 13.3 Å². The molecule has 0 N–H and O–H groups in total. The van der Waals surface area contributed by atoms with Gasteiger partial charge in [-0.3, -0.25) is 9.69 Å². The normalized spacial score (nSPS) is 16.6. The molecule has 0 atom stereocenters. The number of unbranched alkanes of at least 4 members (excludes halogenated alkanes) is 1. The van der Waals surface area contributed by atoms with Gasteiger partial charge >= 0.3 is 0 Å². The van der Waals surface area contributed by atoms with Gasteiger partial charge in [-0.15, -0.1) is 11.3 Å². The molecule has 2 heterocycles. The number of carbonyl (C=O) groups excluding carboxylic acids is 1. The molecule has 1 fully saturated rings. The summed E-state index contributed by atoms with van der Waals surface area (Å²) in [5.74, 6) is 0.326. The second-order valence-corrected chi connectivity index (χ2v) is 6.80. The van der Waals surface area contributed by atoms with E-state index in [4.69, 9.17) is 0 Å². The molecule has 0 unspecified atom stereocenters. The fourth-order valence-electron chi connectivity index (χ4n) is 2.44. The number of carbonyl (C=O) groups is 1. The number of aromatic nitrogens is 1. The summed E-state index contributed by atoms with van der Waals surface area (Å²) in [6.07, 6.45) is 2.81. The third-order valence-electron chi connectivity index (χ3n) is 3.90. The van der Waals surface area contributed by atoms with Crippen molar-refractivity contribution in [2.24, 2.45) is 0 Å². The van der Waals surface area contributed by atoms with Crippen molar-refractivity contribution < 1.29 is 4.79 Å². The third kappa shape index (κ3) is 4.03. The average molecular weight is 295 g/mol. The lowest BCUT2D eigenvalue weighted by Crippen LogP contribution is -2.48. The van der Waals surface area contributed by atoms with E-state index in [1.807, 2.05) is 4.90 Å². The molecular formula is C15H25N3OS. The molecule has 5 heteroatoms. The topological polar surface area (TPSA) is 36.4 Å². The predicted molar refractivity (Wildman–Crippen MR) is 83.0 cm³/mol. The molecule has 4 nitrogen and oxygen atoms in total. The number of hydrogen-bond donors (Lipinski definition) is 0. The number of aryl methyl sites for hydroxylation is 2. The number of piperazine rings is 1. The maximum absolute atomic E-state index is 12.0. The molecule has 2 rings (SSSR count). The van der Waals surface area contributed by atoms with Gasteiger partial charge < -0.3 is 4.90 Å². The lowest BCUT2D eigenvalue weighted by molar-refractivity contribution is -0.133. The summed E-state index contributed by atoms with van der Waals surface area (Å²) in [5, 5.41) is 1.20. The number of nitrogens with zero attached hydrogens (tertiary/aromatic N) is 3. The van der Waals surface area contributed by atoms with Gasteiger partial charge in [-0.2, -0.15) is 0 Å². The van der Waals surface area contributed by atoms with Crippen molar-refractivity contribution in [3.63, 3.8) is 0 Å². The Morgan fingerprint density at radius 2 is 1.95 bits per heavy atom. The van der Waals surface area contributed by atoms with Crippen LogP contribution in [0.25, 0.3) is 0 Å². The lowest BCUT2D eigenvalue weighted by Gasteiger charge is -2.34. The molecule has 0 aromatic carbocycles. The molecule has 0 radical (unpaired) electrons. The zero-order valence-corrected chi connectivity index (χ0v) is 13.6. The summed E-state index contributed by atoms with van der Waals surface area (Å²) < 4.78 is 0. The van der Waals surface area contributed by atoms with Crippen molar-refractivity contribution >= 4 is 17.2 Å². The van der Waals surface area contributed by atoms with Crippen LogP contribution in [0.3, 0.4) is 0 Å². The molecule has 0 aliphatic carbocycles. The Morgan fingerprint density at radius 3 is 2.50 bits per heavy atom. The zero-order chi connectivity index (χ0) is 14.5. The monoisotopic (exact) mass is 295 g/mol. The molecule has 112 valence electrons. The standard InChI is InChI=1S/C15H25N3OS/c1-4-5-6-15(19)18-9-7-17(8-10-18)11-14-16-12(2)13(3)20-14/h4-11H2,1-3H3. The molecule has 1 amide bonds. The first kappa shape index (κ1) is 15.4. The maximum Gasteiger partial charge on any atom is 0.222 e. The van der Waals surface area contributed by atoms with Crippen molar-refractivity contribution in [2.45, 2.75) is 46.6 Å². The van der Waals surface area contributed by atoms with Gasteiger partial charge in [0, 0.05) is 37.5 Å². The minimum Gasteiger partial charge on any atom is -0.340 e. The number of hydrogen-bond acceptors (Lipinski definition) is 4.